The first-order chi connectivity index (χ1) is 11.2. The second kappa shape index (κ2) is 5.87. The van der Waals surface area contributed by atoms with Gasteiger partial charge in [0, 0.05) is 19.3 Å². The van der Waals surface area contributed by atoms with E-state index in [0.717, 1.165) is 19.3 Å². The van der Waals surface area contributed by atoms with Gasteiger partial charge in [0.05, 0.1) is 12.5 Å². The highest BCUT2D eigenvalue weighted by Gasteiger charge is 2.62. The molecule has 1 saturated carbocycles. The van der Waals surface area contributed by atoms with Crippen molar-refractivity contribution >= 4 is 11.9 Å². The molecule has 5 heteroatoms. The molecule has 0 aromatic carbocycles. The molecule has 1 heterocycles. The zero-order valence-corrected chi connectivity index (χ0v) is 15.3. The smallest absolute Gasteiger partial charge is 0.304 e. The largest absolute Gasteiger partial charge is 0.462 e. The molecule has 0 N–H and O–H groups in total. The Bertz CT molecular complexity index is 578. The molecule has 5 atom stereocenters. The third kappa shape index (κ3) is 2.67. The first-order valence-electron chi connectivity index (χ1n) is 8.81. The van der Waals surface area contributed by atoms with Gasteiger partial charge in [-0.2, -0.15) is 0 Å². The molecule has 0 amide bonds. The summed E-state index contributed by atoms with van der Waals surface area (Å²) in [5.41, 5.74) is 1.01. The molecular weight excluding hydrogens is 308 g/mol. The summed E-state index contributed by atoms with van der Waals surface area (Å²) in [5.74, 6) is -0.300. The number of carbonyl (C=O) groups excluding carboxylic acids is 2. The minimum atomic E-state index is -0.589. The highest BCUT2D eigenvalue weighted by molar-refractivity contribution is 5.66. The third-order valence-electron chi connectivity index (χ3n) is 6.40. The van der Waals surface area contributed by atoms with Crippen molar-refractivity contribution in [2.45, 2.75) is 66.3 Å². The fourth-order valence-corrected chi connectivity index (χ4v) is 5.38. The van der Waals surface area contributed by atoms with Crippen molar-refractivity contribution in [3.63, 3.8) is 0 Å². The Morgan fingerprint density at radius 3 is 2.46 bits per heavy atom. The van der Waals surface area contributed by atoms with Crippen LogP contribution in [0.15, 0.2) is 11.6 Å². The van der Waals surface area contributed by atoms with Crippen LogP contribution in [0, 0.1) is 22.7 Å². The van der Waals surface area contributed by atoms with E-state index < -0.39 is 6.29 Å². The molecule has 0 aromatic heterocycles. The zero-order valence-electron chi connectivity index (χ0n) is 15.3. The van der Waals surface area contributed by atoms with E-state index >= 15 is 0 Å². The van der Waals surface area contributed by atoms with Crippen LogP contribution in [0.25, 0.3) is 0 Å². The van der Waals surface area contributed by atoms with Crippen LogP contribution < -0.4 is 0 Å². The highest BCUT2D eigenvalue weighted by Crippen LogP contribution is 2.62. The molecule has 1 saturated heterocycles. The Hall–Kier alpha value is -1.36. The number of fused-ring (bicyclic) bond motifs is 3. The monoisotopic (exact) mass is 336 g/mol. The Morgan fingerprint density at radius 2 is 1.83 bits per heavy atom. The summed E-state index contributed by atoms with van der Waals surface area (Å²) in [6.45, 7) is 10.1. The summed E-state index contributed by atoms with van der Waals surface area (Å²) in [4.78, 5) is 23.2. The van der Waals surface area contributed by atoms with Crippen molar-refractivity contribution in [1.29, 1.82) is 0 Å². The maximum Gasteiger partial charge on any atom is 0.304 e. The van der Waals surface area contributed by atoms with Crippen molar-refractivity contribution < 1.29 is 23.8 Å². The molecule has 2 aliphatic carbocycles. The Morgan fingerprint density at radius 1 is 1.17 bits per heavy atom. The zero-order chi connectivity index (χ0) is 17.7. The van der Waals surface area contributed by atoms with Gasteiger partial charge in [-0.15, -0.1) is 0 Å². The Labute approximate surface area is 143 Å². The summed E-state index contributed by atoms with van der Waals surface area (Å²) in [7, 11) is 0. The number of esters is 2. The predicted octanol–water partition coefficient (Wildman–Crippen LogP) is 3.23. The van der Waals surface area contributed by atoms with E-state index in [1.54, 1.807) is 0 Å². The number of hydrogen-bond acceptors (Lipinski definition) is 5. The first-order valence-corrected chi connectivity index (χ1v) is 8.81. The summed E-state index contributed by atoms with van der Waals surface area (Å²) < 4.78 is 17.0. The normalized spacial score (nSPS) is 40.1. The third-order valence-corrected chi connectivity index (χ3v) is 6.40. The lowest BCUT2D eigenvalue weighted by Crippen LogP contribution is -2.58. The number of carbonyl (C=O) groups is 2. The minimum absolute atomic E-state index is 0.0518. The molecule has 2 fully saturated rings. The van der Waals surface area contributed by atoms with Crippen molar-refractivity contribution in [1.82, 2.24) is 0 Å². The molecule has 3 rings (SSSR count). The standard InChI is InChI=1S/C19H28O5/c1-11(20)23-15-8-9-18(3,4)14-7-6-13-10-22-17(24-12(2)21)16(13)19(14,15)5/h6,14-17H,7-10H2,1-5H3/t14-,15+,16+,17-,19+/m1/s1. The molecule has 3 aliphatic rings. The summed E-state index contributed by atoms with van der Waals surface area (Å²) in [6.07, 6.45) is 4.27. The molecule has 0 unspecified atom stereocenters. The van der Waals surface area contributed by atoms with Crippen molar-refractivity contribution in [3.8, 4) is 0 Å². The van der Waals surface area contributed by atoms with E-state index in [9.17, 15) is 9.59 Å². The van der Waals surface area contributed by atoms with Crippen LogP contribution in [-0.2, 0) is 23.8 Å². The fraction of sp³-hybridized carbons (Fsp3) is 0.789. The van der Waals surface area contributed by atoms with Gasteiger partial charge in [-0.25, -0.2) is 0 Å². The molecule has 24 heavy (non-hydrogen) atoms. The van der Waals surface area contributed by atoms with Gasteiger partial charge in [-0.3, -0.25) is 9.59 Å². The van der Waals surface area contributed by atoms with Crippen molar-refractivity contribution in [2.75, 3.05) is 6.61 Å². The number of hydrogen-bond donors (Lipinski definition) is 0. The van der Waals surface area contributed by atoms with E-state index in [1.165, 1.54) is 19.4 Å². The van der Waals surface area contributed by atoms with Gasteiger partial charge >= 0.3 is 11.9 Å². The van der Waals surface area contributed by atoms with Crippen molar-refractivity contribution in [2.24, 2.45) is 22.7 Å². The topological polar surface area (TPSA) is 61.8 Å². The van der Waals surface area contributed by atoms with Gasteiger partial charge in [0.1, 0.15) is 6.10 Å². The summed E-state index contributed by atoms with van der Waals surface area (Å²) in [6, 6.07) is 0. The molecule has 0 spiro atoms. The van der Waals surface area contributed by atoms with Gasteiger partial charge < -0.3 is 14.2 Å². The second-order valence-electron chi connectivity index (χ2n) is 8.33. The molecule has 0 radical (unpaired) electrons. The second-order valence-corrected chi connectivity index (χ2v) is 8.33. The summed E-state index contributed by atoms with van der Waals surface area (Å²) in [5, 5.41) is 0. The van der Waals surface area contributed by atoms with Crippen LogP contribution >= 0.6 is 0 Å². The van der Waals surface area contributed by atoms with Crippen molar-refractivity contribution in [3.05, 3.63) is 11.6 Å². The lowest BCUT2D eigenvalue weighted by molar-refractivity contribution is -0.211. The minimum Gasteiger partial charge on any atom is -0.462 e. The SMILES string of the molecule is CC(=O)O[C@H]1OCC2=CC[C@@H]3C(C)(C)CC[C@H](OC(C)=O)[C@@]3(C)[C@@H]21. The summed E-state index contributed by atoms with van der Waals surface area (Å²) >= 11 is 0. The predicted molar refractivity (Wildman–Crippen MR) is 87.9 cm³/mol. The number of allylic oxidation sites excluding steroid dienone is 1. The average Bonchev–Trinajstić information content (AvgIpc) is 2.85. The number of ether oxygens (including phenoxy) is 3. The Kier molecular flexibility index (Phi) is 4.27. The molecular formula is C19H28O5. The van der Waals surface area contributed by atoms with Gasteiger partial charge in [0.25, 0.3) is 0 Å². The lowest BCUT2D eigenvalue weighted by Gasteiger charge is -2.58. The maximum atomic E-state index is 11.7. The van der Waals surface area contributed by atoms with Crippen LogP contribution in [0.4, 0.5) is 0 Å². The van der Waals surface area contributed by atoms with E-state index in [0.29, 0.717) is 12.5 Å². The quantitative estimate of drug-likeness (QED) is 0.572. The first kappa shape index (κ1) is 17.5. The van der Waals surface area contributed by atoms with Crippen LogP contribution in [0.5, 0.6) is 0 Å². The van der Waals surface area contributed by atoms with Gasteiger partial charge in [0.2, 0.25) is 6.29 Å². The fourth-order valence-electron chi connectivity index (χ4n) is 5.38. The van der Waals surface area contributed by atoms with Crippen LogP contribution in [-0.4, -0.2) is 30.9 Å². The molecule has 0 aromatic rings. The molecule has 134 valence electrons. The van der Waals surface area contributed by atoms with Gasteiger partial charge in [0.15, 0.2) is 0 Å². The highest BCUT2D eigenvalue weighted by atomic mass is 16.7. The Balaban J connectivity index is 2.03. The lowest BCUT2D eigenvalue weighted by atomic mass is 9.47. The number of rotatable bonds is 2. The van der Waals surface area contributed by atoms with Crippen LogP contribution in [0.3, 0.4) is 0 Å². The van der Waals surface area contributed by atoms with Crippen LogP contribution in [0.1, 0.15) is 53.9 Å². The molecule has 5 nitrogen and oxygen atoms in total. The van der Waals surface area contributed by atoms with Gasteiger partial charge in [-0.05, 0) is 36.2 Å². The molecule has 1 aliphatic heterocycles. The molecule has 0 bridgehead atoms. The van der Waals surface area contributed by atoms with E-state index in [-0.39, 0.29) is 34.8 Å². The maximum absolute atomic E-state index is 11.7. The average molecular weight is 336 g/mol. The van der Waals surface area contributed by atoms with Gasteiger partial charge in [-0.1, -0.05) is 26.8 Å². The van der Waals surface area contributed by atoms with E-state index in [1.807, 2.05) is 0 Å². The van der Waals surface area contributed by atoms with E-state index in [2.05, 4.69) is 26.8 Å². The van der Waals surface area contributed by atoms with E-state index in [4.69, 9.17) is 14.2 Å². The van der Waals surface area contributed by atoms with Crippen LogP contribution in [0.2, 0.25) is 0 Å².